The van der Waals surface area contributed by atoms with E-state index in [0.29, 0.717) is 19.4 Å². The maximum absolute atomic E-state index is 11.1. The molecule has 1 aliphatic heterocycles. The van der Waals surface area contributed by atoms with Crippen LogP contribution in [0.2, 0.25) is 18.1 Å². The highest BCUT2D eigenvalue weighted by molar-refractivity contribution is 6.74. The highest BCUT2D eigenvalue weighted by atomic mass is 28.4. The van der Waals surface area contributed by atoms with Crippen LogP contribution < -0.4 is 0 Å². The molecular weight excluding hydrogens is 352 g/mol. The predicted molar refractivity (Wildman–Crippen MR) is 103 cm³/mol. The largest absolute Gasteiger partial charge is 0.466 e. The summed E-state index contributed by atoms with van der Waals surface area (Å²) in [5, 5.41) is 10.8. The number of hydrogen-bond donors (Lipinski definition) is 1. The van der Waals surface area contributed by atoms with Gasteiger partial charge < -0.3 is 23.7 Å². The Bertz CT molecular complexity index is 495. The van der Waals surface area contributed by atoms with Crippen LogP contribution in [0.1, 0.15) is 47.5 Å². The van der Waals surface area contributed by atoms with Crippen LogP contribution in [0.5, 0.6) is 0 Å². The number of allylic oxidation sites excluding steroid dienone is 1. The summed E-state index contributed by atoms with van der Waals surface area (Å²) in [5.41, 5.74) is 0. The zero-order chi connectivity index (χ0) is 20.2. The quantitative estimate of drug-likeness (QED) is 0.390. The number of carbonyl (C=O) groups is 1. The number of aliphatic hydroxyl groups is 1. The number of rotatable bonds is 8. The maximum Gasteiger partial charge on any atom is 0.330 e. The summed E-state index contributed by atoms with van der Waals surface area (Å²) >= 11 is 0. The minimum atomic E-state index is -2.10. The van der Waals surface area contributed by atoms with E-state index in [-0.39, 0.29) is 11.1 Å². The van der Waals surface area contributed by atoms with Crippen LogP contribution in [-0.2, 0) is 23.4 Å². The van der Waals surface area contributed by atoms with Crippen LogP contribution in [0, 0.1) is 0 Å². The fourth-order valence-corrected chi connectivity index (χ4v) is 3.82. The summed E-state index contributed by atoms with van der Waals surface area (Å²) in [4.78, 5) is 11.1. The molecule has 0 aromatic heterocycles. The van der Waals surface area contributed by atoms with Crippen molar-refractivity contribution in [3.05, 3.63) is 12.2 Å². The third-order valence-electron chi connectivity index (χ3n) is 5.10. The summed E-state index contributed by atoms with van der Waals surface area (Å²) in [6.45, 7) is 14.9. The lowest BCUT2D eigenvalue weighted by molar-refractivity contribution is -0.158. The van der Waals surface area contributed by atoms with Crippen molar-refractivity contribution in [1.82, 2.24) is 0 Å². The second kappa shape index (κ2) is 8.97. The van der Waals surface area contributed by atoms with E-state index in [9.17, 15) is 9.90 Å². The van der Waals surface area contributed by atoms with Gasteiger partial charge in [0.15, 0.2) is 14.1 Å². The Morgan fingerprint density at radius 1 is 1.38 bits per heavy atom. The van der Waals surface area contributed by atoms with Crippen LogP contribution in [0.4, 0.5) is 0 Å². The van der Waals surface area contributed by atoms with Crippen LogP contribution in [0.15, 0.2) is 12.2 Å². The fourth-order valence-electron chi connectivity index (χ4n) is 2.48. The highest BCUT2D eigenvalue weighted by Gasteiger charge is 2.46. The van der Waals surface area contributed by atoms with Gasteiger partial charge in [0.25, 0.3) is 0 Å². The van der Waals surface area contributed by atoms with Crippen molar-refractivity contribution in [3.8, 4) is 0 Å². The normalized spacial score (nSPS) is 23.2. The summed E-state index contributed by atoms with van der Waals surface area (Å²) in [5.74, 6) is -1.08. The molecule has 0 aromatic carbocycles. The van der Waals surface area contributed by atoms with Crippen LogP contribution in [-0.4, -0.2) is 57.2 Å². The molecule has 7 heteroatoms. The lowest BCUT2D eigenvalue weighted by atomic mass is 10.0. The van der Waals surface area contributed by atoms with Crippen LogP contribution in [0.3, 0.4) is 0 Å². The molecule has 0 aromatic rings. The Kier molecular flexibility index (Phi) is 8.04. The van der Waals surface area contributed by atoms with Gasteiger partial charge in [-0.1, -0.05) is 26.8 Å². The summed E-state index contributed by atoms with van der Waals surface area (Å²) in [7, 11) is -0.766. The molecule has 1 aliphatic rings. The van der Waals surface area contributed by atoms with Gasteiger partial charge in [-0.3, -0.25) is 0 Å². The van der Waals surface area contributed by atoms with E-state index in [1.165, 1.54) is 13.2 Å². The molecule has 3 atom stereocenters. The highest BCUT2D eigenvalue weighted by Crippen LogP contribution is 2.39. The molecule has 6 nitrogen and oxygen atoms in total. The third-order valence-corrected chi connectivity index (χ3v) is 9.57. The number of carbonyl (C=O) groups excluding carboxylic acids is 1. The average molecular weight is 389 g/mol. The number of hydrogen-bond acceptors (Lipinski definition) is 6. The van der Waals surface area contributed by atoms with Gasteiger partial charge in [0.05, 0.1) is 25.9 Å². The van der Waals surface area contributed by atoms with Crippen molar-refractivity contribution in [2.24, 2.45) is 0 Å². The minimum absolute atomic E-state index is 0.0186. The summed E-state index contributed by atoms with van der Waals surface area (Å²) in [6.07, 6.45) is 2.58. The van der Waals surface area contributed by atoms with E-state index >= 15 is 0 Å². The Morgan fingerprint density at radius 3 is 2.46 bits per heavy atom. The molecule has 0 radical (unpaired) electrons. The van der Waals surface area contributed by atoms with E-state index in [4.69, 9.17) is 13.9 Å². The summed E-state index contributed by atoms with van der Waals surface area (Å²) in [6, 6.07) is 0. The van der Waals surface area contributed by atoms with Gasteiger partial charge in [0.2, 0.25) is 0 Å². The van der Waals surface area contributed by atoms with Gasteiger partial charge in [-0.15, -0.1) is 0 Å². The van der Waals surface area contributed by atoms with Gasteiger partial charge in [0.1, 0.15) is 6.10 Å². The van der Waals surface area contributed by atoms with E-state index in [1.807, 2.05) is 13.8 Å². The molecule has 0 spiro atoms. The second-order valence-electron chi connectivity index (χ2n) is 8.78. The summed E-state index contributed by atoms with van der Waals surface area (Å²) < 4.78 is 22.7. The zero-order valence-corrected chi connectivity index (χ0v) is 18.5. The first-order valence-electron chi connectivity index (χ1n) is 9.21. The first kappa shape index (κ1) is 23.3. The van der Waals surface area contributed by atoms with Crippen molar-refractivity contribution < 1.29 is 28.5 Å². The molecule has 152 valence electrons. The van der Waals surface area contributed by atoms with Gasteiger partial charge in [-0.05, 0) is 44.8 Å². The molecular formula is C19H36O6Si. The molecule has 1 saturated heterocycles. The maximum atomic E-state index is 11.1. The molecule has 0 amide bonds. The number of esters is 1. The molecule has 26 heavy (non-hydrogen) atoms. The van der Waals surface area contributed by atoms with Crippen molar-refractivity contribution in [3.63, 3.8) is 0 Å². The molecule has 1 heterocycles. The fraction of sp³-hybridized carbons (Fsp3) is 0.842. The Morgan fingerprint density at radius 2 is 2.00 bits per heavy atom. The average Bonchev–Trinajstić information content (AvgIpc) is 2.87. The molecule has 1 rings (SSSR count). The monoisotopic (exact) mass is 388 g/mol. The molecule has 0 bridgehead atoms. The van der Waals surface area contributed by atoms with Gasteiger partial charge in [-0.25, -0.2) is 4.79 Å². The second-order valence-corrected chi connectivity index (χ2v) is 13.5. The first-order valence-corrected chi connectivity index (χ1v) is 12.1. The van der Waals surface area contributed by atoms with Gasteiger partial charge in [-0.2, -0.15) is 0 Å². The Labute approximate surface area is 159 Å². The van der Waals surface area contributed by atoms with E-state index < -0.39 is 32.3 Å². The topological polar surface area (TPSA) is 74.2 Å². The van der Waals surface area contributed by atoms with E-state index in [2.05, 4.69) is 38.6 Å². The molecule has 1 N–H and O–H groups in total. The van der Waals surface area contributed by atoms with E-state index in [1.54, 1.807) is 6.08 Å². The zero-order valence-electron chi connectivity index (χ0n) is 17.5. The van der Waals surface area contributed by atoms with Crippen LogP contribution >= 0.6 is 0 Å². The molecule has 0 unspecified atom stereocenters. The molecule has 0 aliphatic carbocycles. The molecule has 0 saturated carbocycles. The van der Waals surface area contributed by atoms with E-state index in [0.717, 1.165) is 0 Å². The first-order chi connectivity index (χ1) is 11.8. The van der Waals surface area contributed by atoms with Gasteiger partial charge in [0, 0.05) is 6.08 Å². The number of aliphatic hydroxyl groups excluding tert-OH is 1. The number of ether oxygens (including phenoxy) is 3. The Balaban J connectivity index is 2.83. The lowest BCUT2D eigenvalue weighted by Gasteiger charge is -2.42. The van der Waals surface area contributed by atoms with Crippen molar-refractivity contribution >= 4 is 14.3 Å². The van der Waals surface area contributed by atoms with Crippen LogP contribution in [0.25, 0.3) is 0 Å². The van der Waals surface area contributed by atoms with Crippen molar-refractivity contribution in [2.45, 2.75) is 89.7 Å². The SMILES string of the molecule is COC(=O)/C=C/CC[C@@H](O)[C@H](O[Si](C)(C)C(C)(C)C)[C@H]1COC(C)(C)O1. The standard InChI is InChI=1S/C19H36O6Si/c1-18(2,3)26(7,8)25-17(15-13-23-19(4,5)24-15)14(20)11-9-10-12-16(21)22-6/h10,12,14-15,17,20H,9,11,13H2,1-8H3/b12-10+/t14-,15-,17+/m1/s1. The smallest absolute Gasteiger partial charge is 0.330 e. The van der Waals surface area contributed by atoms with Crippen molar-refractivity contribution in [2.75, 3.05) is 13.7 Å². The van der Waals surface area contributed by atoms with Gasteiger partial charge >= 0.3 is 5.97 Å². The predicted octanol–water partition coefficient (Wildman–Crippen LogP) is 3.40. The van der Waals surface area contributed by atoms with Crippen molar-refractivity contribution in [1.29, 1.82) is 0 Å². The minimum Gasteiger partial charge on any atom is -0.466 e. The Hall–Kier alpha value is -0.733. The third kappa shape index (κ3) is 6.77. The molecule has 1 fully saturated rings. The number of methoxy groups -OCH3 is 1. The lowest BCUT2D eigenvalue weighted by Crippen LogP contribution is -2.52.